The first-order chi connectivity index (χ1) is 9.10. The van der Waals surface area contributed by atoms with Crippen molar-refractivity contribution < 1.29 is 4.79 Å². The minimum Gasteiger partial charge on any atom is -0.352 e. The number of carbonyl (C=O) groups excluding carboxylic acids is 1. The lowest BCUT2D eigenvalue weighted by atomic mass is 9.79. The van der Waals surface area contributed by atoms with Crippen molar-refractivity contribution in [3.8, 4) is 0 Å². The molecule has 1 aliphatic heterocycles. The quantitative estimate of drug-likeness (QED) is 0.811. The van der Waals surface area contributed by atoms with Crippen LogP contribution in [0.1, 0.15) is 46.0 Å². The van der Waals surface area contributed by atoms with Crippen LogP contribution in [0.15, 0.2) is 0 Å². The number of piperidine rings is 1. The van der Waals surface area contributed by atoms with E-state index < -0.39 is 0 Å². The molecule has 19 heavy (non-hydrogen) atoms. The van der Waals surface area contributed by atoms with Crippen LogP contribution in [0.2, 0.25) is 0 Å². The molecule has 2 fully saturated rings. The number of rotatable bonds is 3. The molecule has 0 spiro atoms. The second-order valence-corrected chi connectivity index (χ2v) is 6.39. The Morgan fingerprint density at radius 3 is 2.84 bits per heavy atom. The Morgan fingerprint density at radius 2 is 2.16 bits per heavy atom. The third-order valence-electron chi connectivity index (χ3n) is 4.91. The monoisotopic (exact) mass is 267 g/mol. The van der Waals surface area contributed by atoms with E-state index in [4.69, 9.17) is 5.73 Å². The van der Waals surface area contributed by atoms with Gasteiger partial charge in [-0.2, -0.15) is 0 Å². The molecule has 4 nitrogen and oxygen atoms in total. The summed E-state index contributed by atoms with van der Waals surface area (Å²) in [6.07, 6.45) is 5.23. The third-order valence-corrected chi connectivity index (χ3v) is 4.91. The fourth-order valence-corrected chi connectivity index (χ4v) is 3.44. The highest BCUT2D eigenvalue weighted by Crippen LogP contribution is 2.28. The molecule has 110 valence electrons. The van der Waals surface area contributed by atoms with Crippen molar-refractivity contribution in [1.82, 2.24) is 10.2 Å². The molecule has 1 saturated heterocycles. The standard InChI is InChI=1S/C15H29N3O/c1-3-18-8-4-5-13(10-18)17-15(19)12-6-7-14(16)11(2)9-12/h11-14H,3-10,16H2,1-2H3,(H,17,19). The van der Waals surface area contributed by atoms with Crippen LogP contribution >= 0.6 is 0 Å². The molecule has 0 aromatic rings. The molecule has 1 amide bonds. The first-order valence-electron chi connectivity index (χ1n) is 7.88. The largest absolute Gasteiger partial charge is 0.352 e. The maximum atomic E-state index is 12.3. The molecule has 0 radical (unpaired) electrons. The second kappa shape index (κ2) is 6.71. The number of amides is 1. The summed E-state index contributed by atoms with van der Waals surface area (Å²) in [5.74, 6) is 0.927. The predicted molar refractivity (Wildman–Crippen MR) is 77.8 cm³/mol. The molecule has 0 aromatic heterocycles. The zero-order valence-corrected chi connectivity index (χ0v) is 12.4. The summed E-state index contributed by atoms with van der Waals surface area (Å²) in [7, 11) is 0. The summed E-state index contributed by atoms with van der Waals surface area (Å²) < 4.78 is 0. The van der Waals surface area contributed by atoms with E-state index in [0.29, 0.717) is 12.0 Å². The fraction of sp³-hybridized carbons (Fsp3) is 0.933. The van der Waals surface area contributed by atoms with Gasteiger partial charge < -0.3 is 16.0 Å². The highest BCUT2D eigenvalue weighted by Gasteiger charge is 2.31. The SMILES string of the molecule is CCN1CCCC(NC(=O)C2CCC(N)C(C)C2)C1. The van der Waals surface area contributed by atoms with Crippen LogP contribution in [-0.4, -0.2) is 42.5 Å². The molecule has 1 saturated carbocycles. The van der Waals surface area contributed by atoms with Crippen molar-refractivity contribution in [2.45, 2.75) is 58.0 Å². The topological polar surface area (TPSA) is 58.4 Å². The van der Waals surface area contributed by atoms with E-state index in [0.717, 1.165) is 38.8 Å². The lowest BCUT2D eigenvalue weighted by molar-refractivity contribution is -0.127. The van der Waals surface area contributed by atoms with Gasteiger partial charge >= 0.3 is 0 Å². The number of nitrogens with two attached hydrogens (primary N) is 1. The van der Waals surface area contributed by atoms with Crippen molar-refractivity contribution in [2.24, 2.45) is 17.6 Å². The highest BCUT2D eigenvalue weighted by atomic mass is 16.1. The molecule has 3 N–H and O–H groups in total. The minimum absolute atomic E-state index is 0.187. The maximum Gasteiger partial charge on any atom is 0.223 e. The summed E-state index contributed by atoms with van der Waals surface area (Å²) in [4.78, 5) is 14.8. The average Bonchev–Trinajstić information content (AvgIpc) is 2.42. The smallest absolute Gasteiger partial charge is 0.223 e. The summed E-state index contributed by atoms with van der Waals surface area (Å²) in [6, 6.07) is 0.640. The lowest BCUT2D eigenvalue weighted by Crippen LogP contribution is -2.50. The fourth-order valence-electron chi connectivity index (χ4n) is 3.44. The van der Waals surface area contributed by atoms with Gasteiger partial charge in [0, 0.05) is 24.5 Å². The van der Waals surface area contributed by atoms with E-state index in [-0.39, 0.29) is 17.9 Å². The highest BCUT2D eigenvalue weighted by molar-refractivity contribution is 5.79. The number of likely N-dealkylation sites (N-methyl/N-ethyl adjacent to an activating group) is 1. The third kappa shape index (κ3) is 3.93. The zero-order chi connectivity index (χ0) is 13.8. The van der Waals surface area contributed by atoms with E-state index in [1.54, 1.807) is 0 Å². The van der Waals surface area contributed by atoms with E-state index in [9.17, 15) is 4.79 Å². The van der Waals surface area contributed by atoms with Crippen molar-refractivity contribution >= 4 is 5.91 Å². The minimum atomic E-state index is 0.187. The molecule has 0 bridgehead atoms. The molecule has 2 rings (SSSR count). The molecular weight excluding hydrogens is 238 g/mol. The van der Waals surface area contributed by atoms with Gasteiger partial charge in [-0.1, -0.05) is 13.8 Å². The zero-order valence-electron chi connectivity index (χ0n) is 12.4. The first kappa shape index (κ1) is 14.8. The van der Waals surface area contributed by atoms with Crippen molar-refractivity contribution in [2.75, 3.05) is 19.6 Å². The number of hydrogen-bond donors (Lipinski definition) is 2. The van der Waals surface area contributed by atoms with Crippen LogP contribution in [-0.2, 0) is 4.79 Å². The number of nitrogens with one attached hydrogen (secondary N) is 1. The van der Waals surface area contributed by atoms with E-state index in [1.807, 2.05) is 0 Å². The van der Waals surface area contributed by atoms with Crippen LogP contribution in [0.25, 0.3) is 0 Å². The number of hydrogen-bond acceptors (Lipinski definition) is 3. The van der Waals surface area contributed by atoms with E-state index in [1.165, 1.54) is 13.0 Å². The Hall–Kier alpha value is -0.610. The van der Waals surface area contributed by atoms with Gasteiger partial charge in [-0.05, 0) is 51.1 Å². The van der Waals surface area contributed by atoms with Gasteiger partial charge in [-0.15, -0.1) is 0 Å². The lowest BCUT2D eigenvalue weighted by Gasteiger charge is -2.35. The molecular formula is C15H29N3O. The summed E-state index contributed by atoms with van der Waals surface area (Å²) in [6.45, 7) is 7.64. The maximum absolute atomic E-state index is 12.3. The Bertz CT molecular complexity index is 308. The van der Waals surface area contributed by atoms with Gasteiger partial charge in [0.15, 0.2) is 0 Å². The molecule has 4 heteroatoms. The molecule has 0 aromatic carbocycles. The second-order valence-electron chi connectivity index (χ2n) is 6.39. The molecule has 4 atom stereocenters. The van der Waals surface area contributed by atoms with Crippen LogP contribution < -0.4 is 11.1 Å². The van der Waals surface area contributed by atoms with Crippen molar-refractivity contribution in [1.29, 1.82) is 0 Å². The van der Waals surface area contributed by atoms with Gasteiger partial charge in [0.25, 0.3) is 0 Å². The first-order valence-corrected chi connectivity index (χ1v) is 7.88. The van der Waals surface area contributed by atoms with Crippen LogP contribution in [0, 0.1) is 11.8 Å². The van der Waals surface area contributed by atoms with Crippen LogP contribution in [0.5, 0.6) is 0 Å². The van der Waals surface area contributed by atoms with Gasteiger partial charge in [-0.3, -0.25) is 4.79 Å². The van der Waals surface area contributed by atoms with Gasteiger partial charge in [0.2, 0.25) is 5.91 Å². The average molecular weight is 267 g/mol. The van der Waals surface area contributed by atoms with E-state index >= 15 is 0 Å². The molecule has 2 aliphatic rings. The van der Waals surface area contributed by atoms with Crippen LogP contribution in [0.3, 0.4) is 0 Å². The molecule has 1 heterocycles. The Balaban J connectivity index is 1.80. The number of carbonyl (C=O) groups is 1. The Morgan fingerprint density at radius 1 is 1.37 bits per heavy atom. The Kier molecular flexibility index (Phi) is 5.22. The predicted octanol–water partition coefficient (Wildman–Crippen LogP) is 1.35. The van der Waals surface area contributed by atoms with Crippen molar-refractivity contribution in [3.05, 3.63) is 0 Å². The van der Waals surface area contributed by atoms with E-state index in [2.05, 4.69) is 24.1 Å². The number of likely N-dealkylation sites (tertiary alicyclic amines) is 1. The number of nitrogens with zero attached hydrogens (tertiary/aromatic N) is 1. The van der Waals surface area contributed by atoms with Crippen LogP contribution in [0.4, 0.5) is 0 Å². The summed E-state index contributed by atoms with van der Waals surface area (Å²) in [5.41, 5.74) is 6.02. The van der Waals surface area contributed by atoms with Crippen molar-refractivity contribution in [3.63, 3.8) is 0 Å². The van der Waals surface area contributed by atoms with Gasteiger partial charge in [0.05, 0.1) is 0 Å². The summed E-state index contributed by atoms with van der Waals surface area (Å²) >= 11 is 0. The summed E-state index contributed by atoms with van der Waals surface area (Å²) in [5, 5.41) is 3.27. The molecule has 4 unspecified atom stereocenters. The molecule has 1 aliphatic carbocycles. The Labute approximate surface area is 117 Å². The van der Waals surface area contributed by atoms with Gasteiger partial charge in [0.1, 0.15) is 0 Å². The van der Waals surface area contributed by atoms with Gasteiger partial charge in [-0.25, -0.2) is 0 Å². The normalized spacial score (nSPS) is 37.0.